The summed E-state index contributed by atoms with van der Waals surface area (Å²) in [5.74, 6) is -1.74. The van der Waals surface area contributed by atoms with E-state index < -0.39 is 47.8 Å². The van der Waals surface area contributed by atoms with E-state index in [0.717, 1.165) is 10.9 Å². The molecule has 0 unspecified atom stereocenters. The van der Waals surface area contributed by atoms with Gasteiger partial charge in [-0.25, -0.2) is 14.2 Å². The van der Waals surface area contributed by atoms with E-state index in [9.17, 15) is 27.9 Å². The molecule has 0 saturated carbocycles. The zero-order chi connectivity index (χ0) is 24.4. The quantitative estimate of drug-likeness (QED) is 0.445. The first-order chi connectivity index (χ1) is 16.1. The number of hydrogen-bond donors (Lipinski definition) is 1. The summed E-state index contributed by atoms with van der Waals surface area (Å²) < 4.78 is 52.7. The van der Waals surface area contributed by atoms with Gasteiger partial charge in [0.15, 0.2) is 18.0 Å². The van der Waals surface area contributed by atoms with Gasteiger partial charge in [0.05, 0.1) is 28.9 Å². The molecule has 0 radical (unpaired) electrons. The van der Waals surface area contributed by atoms with Gasteiger partial charge in [0.1, 0.15) is 12.3 Å². The summed E-state index contributed by atoms with van der Waals surface area (Å²) in [6.45, 7) is 0.714. The number of aliphatic hydroxyl groups is 1. The van der Waals surface area contributed by atoms with Crippen molar-refractivity contribution in [1.29, 1.82) is 0 Å². The van der Waals surface area contributed by atoms with Crippen LogP contribution in [-0.2, 0) is 34.7 Å². The number of carbonyl (C=O) groups excluding carboxylic acids is 1. The van der Waals surface area contributed by atoms with Crippen LogP contribution in [0.1, 0.15) is 42.5 Å². The van der Waals surface area contributed by atoms with Crippen molar-refractivity contribution in [3.8, 4) is 17.1 Å². The Balaban J connectivity index is 1.90. The van der Waals surface area contributed by atoms with Crippen molar-refractivity contribution in [2.24, 2.45) is 0 Å². The molecule has 34 heavy (non-hydrogen) atoms. The van der Waals surface area contributed by atoms with Crippen LogP contribution in [0.15, 0.2) is 29.1 Å². The second-order valence-electron chi connectivity index (χ2n) is 8.42. The molecule has 0 saturated heterocycles. The Kier molecular flexibility index (Phi) is 4.98. The number of hydrogen-bond acceptors (Lipinski definition) is 6. The predicted octanol–water partition coefficient (Wildman–Crippen LogP) is 3.58. The van der Waals surface area contributed by atoms with E-state index in [1.54, 1.807) is 0 Å². The third-order valence-electron chi connectivity index (χ3n) is 6.48. The Morgan fingerprint density at radius 1 is 1.29 bits per heavy atom. The lowest BCUT2D eigenvalue weighted by atomic mass is 9.85. The van der Waals surface area contributed by atoms with E-state index in [-0.39, 0.29) is 29.9 Å². The predicted molar refractivity (Wildman–Crippen MR) is 115 cm³/mol. The number of rotatable bonds is 5. The van der Waals surface area contributed by atoms with Crippen molar-refractivity contribution >= 4 is 16.9 Å². The molecule has 1 N–H and O–H groups in total. The molecule has 0 bridgehead atoms. The van der Waals surface area contributed by atoms with Gasteiger partial charge in [-0.1, -0.05) is 32.0 Å². The van der Waals surface area contributed by atoms with Gasteiger partial charge in [-0.3, -0.25) is 9.36 Å². The van der Waals surface area contributed by atoms with E-state index in [4.69, 9.17) is 14.5 Å². The number of alkyl halides is 3. The topological polar surface area (TPSA) is 90.6 Å². The summed E-state index contributed by atoms with van der Waals surface area (Å²) >= 11 is 0. The van der Waals surface area contributed by atoms with E-state index in [1.807, 2.05) is 31.2 Å². The van der Waals surface area contributed by atoms with Crippen molar-refractivity contribution < 1.29 is 32.5 Å². The molecule has 3 aromatic rings. The van der Waals surface area contributed by atoms with Crippen molar-refractivity contribution in [2.45, 2.75) is 51.6 Å². The normalized spacial score (nSPS) is 18.9. The van der Waals surface area contributed by atoms with Gasteiger partial charge in [-0.05, 0) is 24.5 Å². The number of ether oxygens (including phenoxy) is 2. The first-order valence-corrected chi connectivity index (χ1v) is 10.9. The lowest BCUT2D eigenvalue weighted by molar-refractivity contribution is -0.190. The average molecular weight is 474 g/mol. The molecule has 2 aliphatic heterocycles. The van der Waals surface area contributed by atoms with Crippen molar-refractivity contribution in [3.63, 3.8) is 0 Å². The van der Waals surface area contributed by atoms with E-state index in [0.29, 0.717) is 17.5 Å². The molecule has 2 aromatic heterocycles. The van der Waals surface area contributed by atoms with Crippen LogP contribution in [0.4, 0.5) is 13.2 Å². The fourth-order valence-corrected chi connectivity index (χ4v) is 4.75. The molecule has 1 atom stereocenters. The second kappa shape index (κ2) is 7.56. The molecule has 5 rings (SSSR count). The fraction of sp³-hybridized carbons (Fsp3) is 0.375. The van der Waals surface area contributed by atoms with Crippen LogP contribution in [0.2, 0.25) is 0 Å². The molecule has 0 aliphatic carbocycles. The average Bonchev–Trinajstić information content (AvgIpc) is 3.20. The zero-order valence-corrected chi connectivity index (χ0v) is 18.5. The smallest absolute Gasteiger partial charge is 0.427 e. The van der Waals surface area contributed by atoms with Crippen LogP contribution >= 0.6 is 0 Å². The van der Waals surface area contributed by atoms with Crippen LogP contribution in [0, 0.1) is 0 Å². The largest absolute Gasteiger partial charge is 0.458 e. The number of aryl methyl sites for hydroxylation is 1. The molecule has 0 spiro atoms. The number of nitrogens with zero attached hydrogens (tertiary/aromatic N) is 2. The van der Waals surface area contributed by atoms with Crippen molar-refractivity contribution in [2.75, 3.05) is 6.67 Å². The summed E-state index contributed by atoms with van der Waals surface area (Å²) in [6.07, 6.45) is -3.89. The van der Waals surface area contributed by atoms with Gasteiger partial charge in [0.2, 0.25) is 0 Å². The first-order valence-electron chi connectivity index (χ1n) is 10.9. The molecule has 2 aliphatic rings. The molecule has 10 heteroatoms. The van der Waals surface area contributed by atoms with Gasteiger partial charge in [0.25, 0.3) is 5.56 Å². The van der Waals surface area contributed by atoms with E-state index in [2.05, 4.69) is 0 Å². The lowest BCUT2D eigenvalue weighted by Crippen LogP contribution is -2.45. The zero-order valence-electron chi connectivity index (χ0n) is 18.5. The van der Waals surface area contributed by atoms with Gasteiger partial charge in [-0.15, -0.1) is 0 Å². The molecule has 1 aromatic carbocycles. The summed E-state index contributed by atoms with van der Waals surface area (Å²) in [7, 11) is 0. The maximum atomic E-state index is 14.3. The fourth-order valence-electron chi connectivity index (χ4n) is 4.75. The highest BCUT2D eigenvalue weighted by molar-refractivity contribution is 5.90. The number of esters is 1. The number of para-hydroxylation sites is 1. The minimum atomic E-state index is -4.27. The molecule has 178 valence electrons. The maximum Gasteiger partial charge on any atom is 0.427 e. The van der Waals surface area contributed by atoms with Gasteiger partial charge in [0, 0.05) is 10.9 Å². The molecule has 7 nitrogen and oxygen atoms in total. The number of aromatic nitrogens is 2. The van der Waals surface area contributed by atoms with Gasteiger partial charge >= 0.3 is 12.1 Å². The second-order valence-corrected chi connectivity index (χ2v) is 8.42. The minimum absolute atomic E-state index is 0.00608. The number of pyridine rings is 2. The van der Waals surface area contributed by atoms with Crippen molar-refractivity contribution in [1.82, 2.24) is 9.55 Å². The Morgan fingerprint density at radius 3 is 2.74 bits per heavy atom. The minimum Gasteiger partial charge on any atom is -0.458 e. The highest BCUT2D eigenvalue weighted by Gasteiger charge is 2.50. The number of fused-ring (bicyclic) bond motifs is 5. The summed E-state index contributed by atoms with van der Waals surface area (Å²) in [6, 6.07) is 7.43. The Hall–Kier alpha value is -3.40. The molecule has 0 fully saturated rings. The number of cyclic esters (lactones) is 1. The summed E-state index contributed by atoms with van der Waals surface area (Å²) in [4.78, 5) is 30.6. The van der Waals surface area contributed by atoms with Crippen LogP contribution in [0.25, 0.3) is 22.3 Å². The summed E-state index contributed by atoms with van der Waals surface area (Å²) in [5.41, 5.74) is -1.48. The third kappa shape index (κ3) is 3.04. The highest BCUT2D eigenvalue weighted by atomic mass is 19.3. The Bertz CT molecular complexity index is 1420. The Morgan fingerprint density at radius 2 is 2.06 bits per heavy atom. The monoisotopic (exact) mass is 474 g/mol. The van der Waals surface area contributed by atoms with Gasteiger partial charge < -0.3 is 14.6 Å². The van der Waals surface area contributed by atoms with Crippen LogP contribution in [-0.4, -0.2) is 33.4 Å². The van der Waals surface area contributed by atoms with Crippen LogP contribution in [0.3, 0.4) is 0 Å². The third-order valence-corrected chi connectivity index (χ3v) is 6.48. The van der Waals surface area contributed by atoms with Gasteiger partial charge in [-0.2, -0.15) is 8.78 Å². The molecular weight excluding hydrogens is 453 g/mol. The van der Waals surface area contributed by atoms with Crippen molar-refractivity contribution in [3.05, 3.63) is 56.9 Å². The maximum absolute atomic E-state index is 14.3. The molecule has 0 amide bonds. The van der Waals surface area contributed by atoms with Crippen LogP contribution < -0.4 is 10.3 Å². The number of halogens is 3. The van der Waals surface area contributed by atoms with E-state index >= 15 is 0 Å². The summed E-state index contributed by atoms with van der Waals surface area (Å²) in [5, 5.41) is 12.0. The SMILES string of the molecule is CCc1cccc2cc3c(nc12)-c1c(OC(F)(F)CF)c2c(c(=O)n1C3)COC(=O)[C@]2(O)CC. The highest BCUT2D eigenvalue weighted by Crippen LogP contribution is 2.48. The number of carbonyl (C=O) groups is 1. The first kappa shape index (κ1) is 22.4. The standard InChI is InChI=1S/C24H21F3N2O5/c1-3-12-6-5-7-13-8-14-9-29-19(18(14)28-17(12)13)20(34-24(26,27)11-25)16-15(21(29)30)10-33-22(31)23(16,32)4-2/h5-8,32H,3-4,9-11H2,1-2H3/t23-/m0/s1. The Labute approximate surface area is 191 Å². The molecule has 4 heterocycles. The van der Waals surface area contributed by atoms with Crippen LogP contribution in [0.5, 0.6) is 5.75 Å². The lowest BCUT2D eigenvalue weighted by Gasteiger charge is -2.34. The van der Waals surface area contributed by atoms with E-state index in [1.165, 1.54) is 11.5 Å². The molecular formula is C24H21F3N2O5. The number of benzene rings is 1.